The highest BCUT2D eigenvalue weighted by Gasteiger charge is 2.54. The fraction of sp³-hybridized carbons (Fsp3) is 0.368. The minimum absolute atomic E-state index is 0.249. The summed E-state index contributed by atoms with van der Waals surface area (Å²) in [6.07, 6.45) is 1.05. The van der Waals surface area contributed by atoms with E-state index in [0.29, 0.717) is 16.7 Å². The van der Waals surface area contributed by atoms with Crippen LogP contribution in [0.15, 0.2) is 94.2 Å². The maximum Gasteiger partial charge on any atom is 0.356 e. The highest BCUT2D eigenvalue weighted by molar-refractivity contribution is 8.01. The molecule has 2 aliphatic rings. The Kier molecular flexibility index (Phi) is 9.96. The quantitative estimate of drug-likeness (QED) is 0.0887. The molecule has 1 fully saturated rings. The van der Waals surface area contributed by atoms with Crippen LogP contribution in [-0.4, -0.2) is 71.2 Å². The van der Waals surface area contributed by atoms with Gasteiger partial charge in [0.05, 0.1) is 0 Å². The number of hydrogen-bond donors (Lipinski definition) is 1. The molecule has 0 aliphatic carbocycles. The van der Waals surface area contributed by atoms with E-state index >= 15 is 0 Å². The van der Waals surface area contributed by atoms with Crippen molar-refractivity contribution in [2.24, 2.45) is 12.0 Å². The van der Waals surface area contributed by atoms with Gasteiger partial charge in [-0.2, -0.15) is 0 Å². The van der Waals surface area contributed by atoms with Gasteiger partial charge in [-0.1, -0.05) is 114 Å². The molecule has 2 aliphatic heterocycles. The van der Waals surface area contributed by atoms with E-state index in [2.05, 4.69) is 57.1 Å². The number of esters is 1. The predicted octanol–water partition coefficient (Wildman–Crippen LogP) is 6.59. The summed E-state index contributed by atoms with van der Waals surface area (Å²) in [6, 6.07) is 22.4. The molecule has 3 heterocycles. The number of amides is 1. The molecule has 1 unspecified atom stereocenters. The SMILES string of the molecule is Cn1nnnc1SCC1=C(C(=O)OC(c2ccccc2)c2ccccc2)N2C(=O)C(N=Cc3cc(C(C)(C)C)c(O)c(C(C)(C)C)c3)[C@H]2SC1. The molecule has 6 rings (SSSR count). The van der Waals surface area contributed by atoms with Gasteiger partial charge in [-0.25, -0.2) is 9.48 Å². The number of phenolic OH excluding ortho intramolecular Hbond substituents is 1. The van der Waals surface area contributed by atoms with Crippen LogP contribution >= 0.6 is 23.5 Å². The number of aromatic nitrogens is 4. The summed E-state index contributed by atoms with van der Waals surface area (Å²) in [7, 11) is 1.76. The molecule has 10 nitrogen and oxygen atoms in total. The van der Waals surface area contributed by atoms with Crippen molar-refractivity contribution >= 4 is 41.6 Å². The fourth-order valence-corrected chi connectivity index (χ4v) is 8.38. The Morgan fingerprint density at radius 3 is 2.12 bits per heavy atom. The summed E-state index contributed by atoms with van der Waals surface area (Å²) in [5.74, 6) is 0.354. The first-order valence-corrected chi connectivity index (χ1v) is 18.5. The number of carbonyl (C=O) groups excluding carboxylic acids is 2. The van der Waals surface area contributed by atoms with Gasteiger partial charge in [0.1, 0.15) is 16.8 Å². The van der Waals surface area contributed by atoms with Crippen LogP contribution in [0.1, 0.15) is 75.5 Å². The molecule has 3 aromatic carbocycles. The van der Waals surface area contributed by atoms with Crippen molar-refractivity contribution in [2.75, 3.05) is 11.5 Å². The van der Waals surface area contributed by atoms with Gasteiger partial charge in [-0.3, -0.25) is 14.7 Å². The van der Waals surface area contributed by atoms with E-state index in [0.717, 1.165) is 33.4 Å². The lowest BCUT2D eigenvalue weighted by Gasteiger charge is -2.48. The zero-order chi connectivity index (χ0) is 35.8. The number of aromatic hydroxyl groups is 1. The lowest BCUT2D eigenvalue weighted by molar-refractivity contribution is -0.153. The number of fused-ring (bicyclic) bond motifs is 1. The molecule has 1 N–H and O–H groups in total. The predicted molar refractivity (Wildman–Crippen MR) is 197 cm³/mol. The van der Waals surface area contributed by atoms with Crippen molar-refractivity contribution in [3.05, 3.63) is 112 Å². The minimum atomic E-state index is -0.677. The molecule has 0 saturated carbocycles. The van der Waals surface area contributed by atoms with Crippen molar-refractivity contribution in [1.29, 1.82) is 0 Å². The van der Waals surface area contributed by atoms with Gasteiger partial charge in [0.2, 0.25) is 5.16 Å². The molecular formula is C38H42N6O4S2. The lowest BCUT2D eigenvalue weighted by Crippen LogP contribution is -2.64. The van der Waals surface area contributed by atoms with E-state index < -0.39 is 18.1 Å². The molecule has 1 saturated heterocycles. The number of rotatable bonds is 9. The summed E-state index contributed by atoms with van der Waals surface area (Å²) in [6.45, 7) is 12.4. The molecule has 50 heavy (non-hydrogen) atoms. The second kappa shape index (κ2) is 14.1. The first kappa shape index (κ1) is 35.4. The Hall–Kier alpha value is -4.42. The maximum absolute atomic E-state index is 14.3. The number of β-lactam (4-membered cyclic amide) rings is 1. The van der Waals surface area contributed by atoms with E-state index in [-0.39, 0.29) is 33.6 Å². The first-order chi connectivity index (χ1) is 23.7. The molecule has 0 radical (unpaired) electrons. The number of nitrogens with zero attached hydrogens (tertiary/aromatic N) is 6. The summed E-state index contributed by atoms with van der Waals surface area (Å²) in [5.41, 5.74) is 4.51. The van der Waals surface area contributed by atoms with Crippen LogP contribution in [0.4, 0.5) is 0 Å². The third-order valence-corrected chi connectivity index (χ3v) is 11.2. The van der Waals surface area contributed by atoms with Gasteiger partial charge in [-0.05, 0) is 55.7 Å². The largest absolute Gasteiger partial charge is 0.507 e. The van der Waals surface area contributed by atoms with Crippen molar-refractivity contribution in [1.82, 2.24) is 25.1 Å². The molecule has 1 aromatic heterocycles. The van der Waals surface area contributed by atoms with Crippen LogP contribution in [0.25, 0.3) is 0 Å². The smallest absolute Gasteiger partial charge is 0.356 e. The molecule has 2 atom stereocenters. The van der Waals surface area contributed by atoms with E-state index in [1.165, 1.54) is 11.8 Å². The molecular weight excluding hydrogens is 669 g/mol. The van der Waals surface area contributed by atoms with E-state index in [4.69, 9.17) is 9.73 Å². The standard InChI is InChI=1S/C38H42N6O4S2/c1-37(2,3)27-18-23(19-28(31(27)45)38(4,5)6)20-39-29-33(46)44-30(26(21-49-34(29)44)22-50-36-40-41-42-43(36)7)35(47)48-32(24-14-10-8-11-15-24)25-16-12-9-13-17-25/h8-20,29,32,34,45H,21-22H2,1-7H3/t29?,34-/m1/s1. The molecule has 0 bridgehead atoms. The molecule has 4 aromatic rings. The third kappa shape index (κ3) is 7.22. The molecule has 12 heteroatoms. The Balaban J connectivity index is 1.32. The Morgan fingerprint density at radius 2 is 1.60 bits per heavy atom. The van der Waals surface area contributed by atoms with Crippen molar-refractivity contribution < 1.29 is 19.4 Å². The van der Waals surface area contributed by atoms with Gasteiger partial charge >= 0.3 is 5.97 Å². The summed E-state index contributed by atoms with van der Waals surface area (Å²) in [5, 5.41) is 23.1. The van der Waals surface area contributed by atoms with Gasteiger partial charge in [0.25, 0.3) is 5.91 Å². The van der Waals surface area contributed by atoms with Crippen LogP contribution in [0.3, 0.4) is 0 Å². The average Bonchev–Trinajstić information content (AvgIpc) is 3.50. The summed E-state index contributed by atoms with van der Waals surface area (Å²) < 4.78 is 7.87. The highest BCUT2D eigenvalue weighted by atomic mass is 32.2. The Labute approximate surface area is 301 Å². The van der Waals surface area contributed by atoms with Crippen LogP contribution in [0.5, 0.6) is 5.75 Å². The number of benzene rings is 3. The number of phenols is 1. The summed E-state index contributed by atoms with van der Waals surface area (Å²) in [4.78, 5) is 34.6. The van der Waals surface area contributed by atoms with Crippen molar-refractivity contribution in [2.45, 2.75) is 75.0 Å². The topological polar surface area (TPSA) is 123 Å². The minimum Gasteiger partial charge on any atom is -0.507 e. The molecule has 1 amide bonds. The molecule has 260 valence electrons. The zero-order valence-corrected chi connectivity index (χ0v) is 31.0. The van der Waals surface area contributed by atoms with Crippen LogP contribution in [-0.2, 0) is 32.2 Å². The van der Waals surface area contributed by atoms with E-state index in [1.54, 1.807) is 34.6 Å². The lowest BCUT2D eigenvalue weighted by atomic mass is 9.78. The third-order valence-electron chi connectivity index (χ3n) is 8.73. The highest BCUT2D eigenvalue weighted by Crippen LogP contribution is 2.44. The van der Waals surface area contributed by atoms with E-state index in [1.807, 2.05) is 72.8 Å². The number of hydrogen-bond acceptors (Lipinski definition) is 10. The average molecular weight is 711 g/mol. The van der Waals surface area contributed by atoms with Gasteiger partial charge in [-0.15, -0.1) is 16.9 Å². The molecule has 0 spiro atoms. The zero-order valence-electron chi connectivity index (χ0n) is 29.3. The Morgan fingerprint density at radius 1 is 1.02 bits per heavy atom. The second-order valence-electron chi connectivity index (χ2n) is 14.5. The fourth-order valence-electron chi connectivity index (χ4n) is 6.05. The second-order valence-corrected chi connectivity index (χ2v) is 16.6. The van der Waals surface area contributed by atoms with Crippen LogP contribution in [0.2, 0.25) is 0 Å². The normalized spacial score (nSPS) is 18.1. The van der Waals surface area contributed by atoms with Gasteiger partial charge in [0, 0.05) is 35.9 Å². The number of tetrazole rings is 1. The summed E-state index contributed by atoms with van der Waals surface area (Å²) >= 11 is 2.97. The van der Waals surface area contributed by atoms with Crippen molar-refractivity contribution in [3.63, 3.8) is 0 Å². The number of aliphatic imine (C=N–C) groups is 1. The van der Waals surface area contributed by atoms with E-state index in [9.17, 15) is 14.7 Å². The number of thioether (sulfide) groups is 2. The Bertz CT molecular complexity index is 1870. The number of ether oxygens (including phenoxy) is 1. The van der Waals surface area contributed by atoms with Crippen LogP contribution < -0.4 is 0 Å². The maximum atomic E-state index is 14.3. The van der Waals surface area contributed by atoms with Crippen LogP contribution in [0, 0.1) is 0 Å². The number of carbonyl (C=O) groups is 2. The van der Waals surface area contributed by atoms with Crippen molar-refractivity contribution in [3.8, 4) is 5.75 Å². The van der Waals surface area contributed by atoms with Gasteiger partial charge < -0.3 is 9.84 Å². The number of aryl methyl sites for hydroxylation is 1. The first-order valence-electron chi connectivity index (χ1n) is 16.5. The monoisotopic (exact) mass is 710 g/mol. The van der Waals surface area contributed by atoms with Gasteiger partial charge in [0.15, 0.2) is 12.1 Å².